The van der Waals surface area contributed by atoms with E-state index in [0.717, 1.165) is 24.0 Å². The number of aliphatic hydroxyl groups excluding tert-OH is 1. The van der Waals surface area contributed by atoms with E-state index in [9.17, 15) is 9.90 Å². The molecule has 4 nitrogen and oxygen atoms in total. The van der Waals surface area contributed by atoms with Gasteiger partial charge >= 0.3 is 5.69 Å². The van der Waals surface area contributed by atoms with Gasteiger partial charge < -0.3 is 5.11 Å². The van der Waals surface area contributed by atoms with Crippen LogP contribution in [0.4, 0.5) is 0 Å². The van der Waals surface area contributed by atoms with Crippen LogP contribution in [0.5, 0.6) is 0 Å². The molecule has 1 N–H and O–H groups in total. The fraction of sp³-hybridized carbons (Fsp3) is 0.438. The molecule has 2 aromatic rings. The Morgan fingerprint density at radius 3 is 2.70 bits per heavy atom. The van der Waals surface area contributed by atoms with Crippen molar-refractivity contribution in [2.75, 3.05) is 0 Å². The number of nitrogens with zero attached hydrogens (tertiary/aromatic N) is 2. The van der Waals surface area contributed by atoms with Crippen LogP contribution < -0.4 is 5.69 Å². The fourth-order valence-corrected chi connectivity index (χ4v) is 2.68. The van der Waals surface area contributed by atoms with Gasteiger partial charge in [-0.25, -0.2) is 4.79 Å². The van der Waals surface area contributed by atoms with Gasteiger partial charge in [0.1, 0.15) is 0 Å². The number of imidazole rings is 1. The first kappa shape index (κ1) is 13.2. The number of rotatable bonds is 4. The fourth-order valence-electron chi connectivity index (χ4n) is 2.68. The maximum absolute atomic E-state index is 12.2. The smallest absolute Gasteiger partial charge is 0.328 e. The van der Waals surface area contributed by atoms with Gasteiger partial charge in [0.25, 0.3) is 0 Å². The van der Waals surface area contributed by atoms with E-state index < -0.39 is 6.10 Å². The Labute approximate surface area is 118 Å². The number of benzene rings is 1. The molecule has 0 radical (unpaired) electrons. The molecule has 0 spiro atoms. The first-order valence-corrected chi connectivity index (χ1v) is 7.09. The molecule has 1 heterocycles. The van der Waals surface area contributed by atoms with Crippen molar-refractivity contribution in [3.8, 4) is 0 Å². The number of aliphatic hydroxyl groups is 1. The normalized spacial score (nSPS) is 16.4. The van der Waals surface area contributed by atoms with Gasteiger partial charge in [-0.1, -0.05) is 23.8 Å². The minimum absolute atomic E-state index is 0.0173. The van der Waals surface area contributed by atoms with E-state index in [0.29, 0.717) is 12.6 Å². The van der Waals surface area contributed by atoms with Gasteiger partial charge in [-0.3, -0.25) is 9.13 Å². The lowest BCUT2D eigenvalue weighted by atomic mass is 10.0. The summed E-state index contributed by atoms with van der Waals surface area (Å²) in [6.45, 7) is 4.33. The predicted molar refractivity (Wildman–Crippen MR) is 77.8 cm³/mol. The molecule has 1 fully saturated rings. The third kappa shape index (κ3) is 2.43. The third-order valence-electron chi connectivity index (χ3n) is 3.97. The highest BCUT2D eigenvalue weighted by Crippen LogP contribution is 2.33. The summed E-state index contributed by atoms with van der Waals surface area (Å²) >= 11 is 0. The Hall–Kier alpha value is -1.81. The van der Waals surface area contributed by atoms with Gasteiger partial charge in [-0.2, -0.15) is 0 Å². The van der Waals surface area contributed by atoms with Crippen LogP contribution >= 0.6 is 0 Å². The van der Waals surface area contributed by atoms with Crippen LogP contribution in [-0.4, -0.2) is 14.2 Å². The average Bonchev–Trinajstić information content (AvgIpc) is 3.16. The summed E-state index contributed by atoms with van der Waals surface area (Å²) < 4.78 is 3.37. The molecule has 1 unspecified atom stereocenters. The van der Waals surface area contributed by atoms with Gasteiger partial charge in [0.15, 0.2) is 0 Å². The third-order valence-corrected chi connectivity index (χ3v) is 3.97. The van der Waals surface area contributed by atoms with Crippen LogP contribution in [0.25, 0.3) is 0 Å². The van der Waals surface area contributed by atoms with Crippen LogP contribution in [0.3, 0.4) is 0 Å². The van der Waals surface area contributed by atoms with E-state index in [-0.39, 0.29) is 5.69 Å². The van der Waals surface area contributed by atoms with Gasteiger partial charge in [-0.15, -0.1) is 0 Å². The second kappa shape index (κ2) is 4.94. The molecule has 1 aliphatic rings. The van der Waals surface area contributed by atoms with Crippen LogP contribution in [-0.2, 0) is 6.54 Å². The standard InChI is InChI=1S/C16H20N2O2/c1-11-3-6-14(12(2)9-11)15(19)10-17-7-8-18(16(17)20)13-4-5-13/h3,6-9,13,15,19H,4-5,10H2,1-2H3. The summed E-state index contributed by atoms with van der Waals surface area (Å²) in [5.41, 5.74) is 3.11. The Kier molecular flexibility index (Phi) is 3.26. The highest BCUT2D eigenvalue weighted by atomic mass is 16.3. The van der Waals surface area contributed by atoms with Crippen molar-refractivity contribution in [1.82, 2.24) is 9.13 Å². The molecule has 20 heavy (non-hydrogen) atoms. The maximum Gasteiger partial charge on any atom is 0.328 e. The minimum atomic E-state index is -0.650. The molecule has 0 aliphatic heterocycles. The quantitative estimate of drug-likeness (QED) is 0.928. The Bertz CT molecular complexity index is 680. The summed E-state index contributed by atoms with van der Waals surface area (Å²) in [5, 5.41) is 10.4. The van der Waals surface area contributed by atoms with E-state index in [1.54, 1.807) is 15.3 Å². The van der Waals surface area contributed by atoms with Crippen LogP contribution in [0.2, 0.25) is 0 Å². The largest absolute Gasteiger partial charge is 0.387 e. The van der Waals surface area contributed by atoms with E-state index in [1.165, 1.54) is 5.56 Å². The molecule has 0 bridgehead atoms. The predicted octanol–water partition coefficient (Wildman–Crippen LogP) is 2.34. The van der Waals surface area contributed by atoms with Crippen molar-refractivity contribution in [2.24, 2.45) is 0 Å². The molecular weight excluding hydrogens is 252 g/mol. The van der Waals surface area contributed by atoms with Gasteiger partial charge in [-0.05, 0) is 37.8 Å². The zero-order valence-corrected chi connectivity index (χ0v) is 11.9. The van der Waals surface area contributed by atoms with Crippen LogP contribution in [0, 0.1) is 13.8 Å². The summed E-state index contributed by atoms with van der Waals surface area (Å²) in [6.07, 6.45) is 5.12. The van der Waals surface area contributed by atoms with Gasteiger partial charge in [0.05, 0.1) is 12.6 Å². The van der Waals surface area contributed by atoms with Crippen molar-refractivity contribution < 1.29 is 5.11 Å². The zero-order chi connectivity index (χ0) is 14.3. The second-order valence-electron chi connectivity index (χ2n) is 5.75. The van der Waals surface area contributed by atoms with Crippen molar-refractivity contribution >= 4 is 0 Å². The summed E-state index contributed by atoms with van der Waals surface area (Å²) in [7, 11) is 0. The SMILES string of the molecule is Cc1ccc(C(O)Cn2ccn(C3CC3)c2=O)c(C)c1. The lowest BCUT2D eigenvalue weighted by Crippen LogP contribution is -2.25. The van der Waals surface area contributed by atoms with E-state index in [4.69, 9.17) is 0 Å². The molecule has 1 aliphatic carbocycles. The van der Waals surface area contributed by atoms with Crippen LogP contribution in [0.1, 0.15) is 41.7 Å². The van der Waals surface area contributed by atoms with E-state index in [2.05, 4.69) is 6.07 Å². The molecule has 1 atom stereocenters. The number of aryl methyl sites for hydroxylation is 2. The molecule has 1 aromatic heterocycles. The Morgan fingerprint density at radius 1 is 1.30 bits per heavy atom. The highest BCUT2D eigenvalue weighted by Gasteiger charge is 2.26. The van der Waals surface area contributed by atoms with Gasteiger partial charge in [0.2, 0.25) is 0 Å². The molecule has 1 aromatic carbocycles. The molecule has 1 saturated carbocycles. The molecule has 106 valence electrons. The molecule has 3 rings (SSSR count). The van der Waals surface area contributed by atoms with E-state index >= 15 is 0 Å². The Balaban J connectivity index is 1.81. The monoisotopic (exact) mass is 272 g/mol. The molecule has 0 amide bonds. The van der Waals surface area contributed by atoms with Crippen molar-refractivity contribution in [3.63, 3.8) is 0 Å². The number of hydrogen-bond donors (Lipinski definition) is 1. The topological polar surface area (TPSA) is 47.2 Å². The van der Waals surface area contributed by atoms with Crippen molar-refractivity contribution in [1.29, 1.82) is 0 Å². The summed E-state index contributed by atoms with van der Waals surface area (Å²) in [4.78, 5) is 12.2. The lowest BCUT2D eigenvalue weighted by molar-refractivity contribution is 0.154. The van der Waals surface area contributed by atoms with Crippen LogP contribution in [0.15, 0.2) is 35.4 Å². The molecular formula is C16H20N2O2. The number of aromatic nitrogens is 2. The highest BCUT2D eigenvalue weighted by molar-refractivity contribution is 5.31. The summed E-state index contributed by atoms with van der Waals surface area (Å²) in [5.74, 6) is 0. The first-order chi connectivity index (χ1) is 9.56. The van der Waals surface area contributed by atoms with E-state index in [1.807, 2.05) is 32.2 Å². The zero-order valence-electron chi connectivity index (χ0n) is 11.9. The van der Waals surface area contributed by atoms with Crippen molar-refractivity contribution in [3.05, 3.63) is 57.8 Å². The lowest BCUT2D eigenvalue weighted by Gasteiger charge is -2.14. The maximum atomic E-state index is 12.2. The Morgan fingerprint density at radius 2 is 2.05 bits per heavy atom. The first-order valence-electron chi connectivity index (χ1n) is 7.09. The molecule has 0 saturated heterocycles. The minimum Gasteiger partial charge on any atom is -0.387 e. The average molecular weight is 272 g/mol. The molecule has 4 heteroatoms. The number of hydrogen-bond acceptors (Lipinski definition) is 2. The van der Waals surface area contributed by atoms with Gasteiger partial charge in [0, 0.05) is 18.4 Å². The van der Waals surface area contributed by atoms with Crippen molar-refractivity contribution in [2.45, 2.75) is 45.4 Å². The summed E-state index contributed by atoms with van der Waals surface area (Å²) in [6, 6.07) is 6.36. The second-order valence-corrected chi connectivity index (χ2v) is 5.75.